The summed E-state index contributed by atoms with van der Waals surface area (Å²) in [6, 6.07) is 8.79. The first-order chi connectivity index (χ1) is 13.0. The van der Waals surface area contributed by atoms with Crippen LogP contribution in [0.25, 0.3) is 0 Å². The van der Waals surface area contributed by atoms with Gasteiger partial charge in [0.25, 0.3) is 0 Å². The van der Waals surface area contributed by atoms with Crippen molar-refractivity contribution in [1.29, 1.82) is 0 Å². The SMILES string of the molecule is C=C(C)[C@@H]1CC[C@@H](C(=O)OC)C[C@H]1c1ccc(CO[Si](C)(C)C(C)(C)C)cc1. The molecular weight excluding hydrogens is 364 g/mol. The number of carbonyl (C=O) groups is 1. The van der Waals surface area contributed by atoms with Gasteiger partial charge in [-0.2, -0.15) is 0 Å². The zero-order valence-electron chi connectivity index (χ0n) is 18.8. The van der Waals surface area contributed by atoms with Gasteiger partial charge in [-0.15, -0.1) is 0 Å². The highest BCUT2D eigenvalue weighted by Gasteiger charge is 2.37. The van der Waals surface area contributed by atoms with Crippen molar-refractivity contribution in [3.05, 3.63) is 47.5 Å². The molecule has 1 fully saturated rings. The molecule has 0 heterocycles. The molecule has 0 aliphatic heterocycles. The van der Waals surface area contributed by atoms with Crippen LogP contribution >= 0.6 is 0 Å². The van der Waals surface area contributed by atoms with Crippen LogP contribution in [0.3, 0.4) is 0 Å². The third-order valence-corrected chi connectivity index (χ3v) is 11.3. The molecule has 0 amide bonds. The molecule has 28 heavy (non-hydrogen) atoms. The molecule has 1 saturated carbocycles. The fourth-order valence-corrected chi connectivity index (χ4v) is 4.81. The van der Waals surface area contributed by atoms with Crippen LogP contribution in [-0.2, 0) is 20.6 Å². The van der Waals surface area contributed by atoms with Crippen LogP contribution in [0.4, 0.5) is 0 Å². The third kappa shape index (κ3) is 5.35. The van der Waals surface area contributed by atoms with Gasteiger partial charge >= 0.3 is 5.97 Å². The van der Waals surface area contributed by atoms with Crippen LogP contribution in [0.5, 0.6) is 0 Å². The van der Waals surface area contributed by atoms with E-state index in [4.69, 9.17) is 9.16 Å². The lowest BCUT2D eigenvalue weighted by Gasteiger charge is -2.36. The van der Waals surface area contributed by atoms with Gasteiger partial charge in [-0.05, 0) is 67.3 Å². The highest BCUT2D eigenvalue weighted by Crippen LogP contribution is 2.44. The van der Waals surface area contributed by atoms with Gasteiger partial charge < -0.3 is 9.16 Å². The molecule has 3 atom stereocenters. The molecule has 0 bridgehead atoms. The van der Waals surface area contributed by atoms with Crippen LogP contribution in [0.2, 0.25) is 18.1 Å². The molecule has 1 aliphatic rings. The number of hydrogen-bond acceptors (Lipinski definition) is 3. The van der Waals surface area contributed by atoms with Crippen LogP contribution in [0.15, 0.2) is 36.4 Å². The van der Waals surface area contributed by atoms with Gasteiger partial charge in [-0.3, -0.25) is 4.79 Å². The summed E-state index contributed by atoms with van der Waals surface area (Å²) in [7, 11) is -0.263. The minimum atomic E-state index is -1.75. The minimum absolute atomic E-state index is 0.00723. The van der Waals surface area contributed by atoms with Gasteiger partial charge in [0.2, 0.25) is 0 Å². The predicted molar refractivity (Wildman–Crippen MR) is 119 cm³/mol. The van der Waals surface area contributed by atoms with Gasteiger partial charge in [0.05, 0.1) is 19.6 Å². The number of rotatable bonds is 6. The van der Waals surface area contributed by atoms with Crippen molar-refractivity contribution in [3.8, 4) is 0 Å². The number of hydrogen-bond donors (Lipinski definition) is 0. The second-order valence-corrected chi connectivity index (χ2v) is 14.7. The molecule has 0 unspecified atom stereocenters. The van der Waals surface area contributed by atoms with Gasteiger partial charge in [-0.25, -0.2) is 0 Å². The number of carbonyl (C=O) groups excluding carboxylic acids is 1. The Morgan fingerprint density at radius 2 is 1.79 bits per heavy atom. The van der Waals surface area contributed by atoms with Crippen LogP contribution in [-0.4, -0.2) is 21.4 Å². The molecule has 0 aromatic heterocycles. The Balaban J connectivity index is 2.13. The second-order valence-electron chi connectivity index (χ2n) is 9.88. The van der Waals surface area contributed by atoms with E-state index in [0.29, 0.717) is 18.4 Å². The Labute approximate surface area is 172 Å². The highest BCUT2D eigenvalue weighted by atomic mass is 28.4. The minimum Gasteiger partial charge on any atom is -0.469 e. The van der Waals surface area contributed by atoms with Crippen LogP contribution in [0, 0.1) is 11.8 Å². The van der Waals surface area contributed by atoms with E-state index >= 15 is 0 Å². The largest absolute Gasteiger partial charge is 0.469 e. The van der Waals surface area contributed by atoms with Crippen molar-refractivity contribution < 1.29 is 14.0 Å². The third-order valence-electron chi connectivity index (χ3n) is 6.83. The quantitative estimate of drug-likeness (QED) is 0.311. The lowest BCUT2D eigenvalue weighted by molar-refractivity contribution is -0.147. The molecule has 1 aliphatic carbocycles. The maximum atomic E-state index is 12.1. The highest BCUT2D eigenvalue weighted by molar-refractivity contribution is 6.74. The van der Waals surface area contributed by atoms with Crippen molar-refractivity contribution in [3.63, 3.8) is 0 Å². The fraction of sp³-hybridized carbons (Fsp3) is 0.625. The van der Waals surface area contributed by atoms with Crippen molar-refractivity contribution in [2.45, 2.75) is 77.6 Å². The monoisotopic (exact) mass is 402 g/mol. The first-order valence-electron chi connectivity index (χ1n) is 10.4. The standard InChI is InChI=1S/C24H38O3Si/c1-17(2)21-14-13-20(23(25)26-6)15-22(21)19-11-9-18(10-12-19)16-27-28(7,8)24(3,4)5/h9-12,20-22H,1,13-16H2,2-8H3/t20-,21+,22+/m1/s1. The van der Waals surface area contributed by atoms with E-state index in [0.717, 1.165) is 19.3 Å². The Morgan fingerprint density at radius 3 is 2.29 bits per heavy atom. The average Bonchev–Trinajstić information content (AvgIpc) is 2.64. The van der Waals surface area contributed by atoms with Gasteiger partial charge in [0.1, 0.15) is 0 Å². The summed E-state index contributed by atoms with van der Waals surface area (Å²) >= 11 is 0. The Hall–Kier alpha value is -1.39. The van der Waals surface area contributed by atoms with E-state index in [2.05, 4.69) is 71.6 Å². The van der Waals surface area contributed by atoms with Crippen molar-refractivity contribution in [2.24, 2.45) is 11.8 Å². The number of methoxy groups -OCH3 is 1. The van der Waals surface area contributed by atoms with E-state index in [1.165, 1.54) is 23.8 Å². The maximum Gasteiger partial charge on any atom is 0.308 e. The molecular formula is C24H38O3Si. The first-order valence-corrected chi connectivity index (χ1v) is 13.3. The normalized spacial score (nSPS) is 23.3. The summed E-state index contributed by atoms with van der Waals surface area (Å²) in [6.07, 6.45) is 2.72. The Kier molecular flexibility index (Phi) is 7.32. The van der Waals surface area contributed by atoms with E-state index in [-0.39, 0.29) is 16.9 Å². The van der Waals surface area contributed by atoms with Crippen molar-refractivity contribution >= 4 is 14.3 Å². The van der Waals surface area contributed by atoms with Gasteiger partial charge in [0, 0.05) is 0 Å². The molecule has 0 spiro atoms. The zero-order chi connectivity index (χ0) is 21.1. The molecule has 0 radical (unpaired) electrons. The van der Waals surface area contributed by atoms with E-state index in [9.17, 15) is 4.79 Å². The summed E-state index contributed by atoms with van der Waals surface area (Å²) in [5, 5.41) is 0.215. The molecule has 1 aromatic carbocycles. The summed E-state index contributed by atoms with van der Waals surface area (Å²) in [4.78, 5) is 12.1. The predicted octanol–water partition coefficient (Wildman–Crippen LogP) is 6.46. The van der Waals surface area contributed by atoms with Gasteiger partial charge in [0.15, 0.2) is 8.32 Å². The first kappa shape index (κ1) is 22.9. The number of esters is 1. The second kappa shape index (κ2) is 8.96. The number of allylic oxidation sites excluding steroid dienone is 1. The molecule has 3 nitrogen and oxygen atoms in total. The van der Waals surface area contributed by atoms with E-state index < -0.39 is 8.32 Å². The lowest BCUT2D eigenvalue weighted by atomic mass is 9.69. The smallest absolute Gasteiger partial charge is 0.308 e. The van der Waals surface area contributed by atoms with E-state index in [1.807, 2.05) is 0 Å². The molecule has 0 saturated heterocycles. The molecule has 4 heteroatoms. The summed E-state index contributed by atoms with van der Waals surface area (Å²) in [5.41, 5.74) is 3.71. The number of ether oxygens (including phenoxy) is 1. The summed E-state index contributed by atoms with van der Waals surface area (Å²) in [6.45, 7) is 18.3. The zero-order valence-corrected chi connectivity index (χ0v) is 19.8. The Morgan fingerprint density at radius 1 is 1.18 bits per heavy atom. The molecule has 156 valence electrons. The summed E-state index contributed by atoms with van der Waals surface area (Å²) < 4.78 is 11.4. The van der Waals surface area contributed by atoms with Gasteiger partial charge in [-0.1, -0.05) is 57.2 Å². The van der Waals surface area contributed by atoms with E-state index in [1.54, 1.807) is 0 Å². The van der Waals surface area contributed by atoms with Crippen molar-refractivity contribution in [2.75, 3.05) is 7.11 Å². The van der Waals surface area contributed by atoms with Crippen LogP contribution in [0.1, 0.15) is 64.0 Å². The molecule has 0 N–H and O–H groups in total. The summed E-state index contributed by atoms with van der Waals surface area (Å²) in [5.74, 6) is 0.665. The molecule has 1 aromatic rings. The maximum absolute atomic E-state index is 12.1. The fourth-order valence-electron chi connectivity index (χ4n) is 3.85. The van der Waals surface area contributed by atoms with Crippen molar-refractivity contribution in [1.82, 2.24) is 0 Å². The lowest BCUT2D eigenvalue weighted by Crippen LogP contribution is -2.40. The number of benzene rings is 1. The topological polar surface area (TPSA) is 35.5 Å². The average molecular weight is 403 g/mol. The Bertz CT molecular complexity index is 685. The van der Waals surface area contributed by atoms with Crippen LogP contribution < -0.4 is 0 Å². The molecule has 2 rings (SSSR count).